The van der Waals surface area contributed by atoms with Gasteiger partial charge in [0.2, 0.25) is 5.78 Å². The molecule has 0 unspecified atom stereocenters. The smallest absolute Gasteiger partial charge is 0.205 e. The van der Waals surface area contributed by atoms with E-state index in [0.29, 0.717) is 5.92 Å². The van der Waals surface area contributed by atoms with Crippen LogP contribution in [-0.4, -0.2) is 66.1 Å². The highest BCUT2D eigenvalue weighted by molar-refractivity contribution is 7.99. The normalized spacial score (nSPS) is 16.0. The van der Waals surface area contributed by atoms with Crippen LogP contribution >= 0.6 is 23.1 Å². The summed E-state index contributed by atoms with van der Waals surface area (Å²) in [5.41, 5.74) is 1.82. The van der Waals surface area contributed by atoms with Crippen LogP contribution in [0.2, 0.25) is 0 Å². The number of carbonyl (C=O) groups is 1. The van der Waals surface area contributed by atoms with Crippen LogP contribution in [0.4, 0.5) is 0 Å². The van der Waals surface area contributed by atoms with Gasteiger partial charge in [-0.05, 0) is 81.2 Å². The van der Waals surface area contributed by atoms with E-state index in [2.05, 4.69) is 30.7 Å². The van der Waals surface area contributed by atoms with Crippen molar-refractivity contribution < 1.29 is 4.79 Å². The SMILES string of the molecule is CC(C)c1ccc(C(=O)c2cccs2)c(SCCCCCCN2CCCN(C)CC2)n1. The molecule has 0 bridgehead atoms. The maximum atomic E-state index is 12.9. The molecule has 0 amide bonds. The first kappa shape index (κ1) is 24.4. The number of thioether (sulfide) groups is 1. The molecule has 2 aromatic rings. The first-order chi connectivity index (χ1) is 15.0. The molecule has 0 aliphatic carbocycles. The molecule has 0 N–H and O–H groups in total. The summed E-state index contributed by atoms with van der Waals surface area (Å²) >= 11 is 3.25. The molecule has 3 rings (SSSR count). The third-order valence-corrected chi connectivity index (χ3v) is 7.83. The van der Waals surface area contributed by atoms with Crippen molar-refractivity contribution in [1.82, 2.24) is 14.8 Å². The van der Waals surface area contributed by atoms with Crippen LogP contribution in [-0.2, 0) is 0 Å². The fourth-order valence-electron chi connectivity index (χ4n) is 3.88. The summed E-state index contributed by atoms with van der Waals surface area (Å²) in [5.74, 6) is 1.49. The van der Waals surface area contributed by atoms with E-state index < -0.39 is 0 Å². The number of hydrogen-bond donors (Lipinski definition) is 0. The van der Waals surface area contributed by atoms with Gasteiger partial charge >= 0.3 is 0 Å². The van der Waals surface area contributed by atoms with Gasteiger partial charge in [0.15, 0.2) is 0 Å². The van der Waals surface area contributed by atoms with Crippen molar-refractivity contribution in [1.29, 1.82) is 0 Å². The molecule has 31 heavy (non-hydrogen) atoms. The van der Waals surface area contributed by atoms with Crippen LogP contribution in [0.15, 0.2) is 34.7 Å². The van der Waals surface area contributed by atoms with Crippen molar-refractivity contribution in [3.63, 3.8) is 0 Å². The Balaban J connectivity index is 1.44. The Hall–Kier alpha value is -1.21. The Bertz CT molecular complexity index is 807. The van der Waals surface area contributed by atoms with E-state index in [0.717, 1.165) is 26.9 Å². The van der Waals surface area contributed by atoms with Gasteiger partial charge in [-0.2, -0.15) is 0 Å². The minimum Gasteiger partial charge on any atom is -0.305 e. The average molecular weight is 460 g/mol. The lowest BCUT2D eigenvalue weighted by atomic mass is 10.1. The third-order valence-electron chi connectivity index (χ3n) is 5.88. The molecule has 2 aromatic heterocycles. The zero-order chi connectivity index (χ0) is 22.1. The number of aromatic nitrogens is 1. The molecule has 170 valence electrons. The minimum absolute atomic E-state index is 0.100. The van der Waals surface area contributed by atoms with Crippen LogP contribution in [0.25, 0.3) is 0 Å². The molecule has 1 aliphatic rings. The van der Waals surface area contributed by atoms with Gasteiger partial charge in [0.25, 0.3) is 0 Å². The van der Waals surface area contributed by atoms with Gasteiger partial charge in [0, 0.05) is 18.8 Å². The first-order valence-corrected chi connectivity index (χ1v) is 13.5. The Morgan fingerprint density at radius 1 is 1.10 bits per heavy atom. The maximum absolute atomic E-state index is 12.9. The lowest BCUT2D eigenvalue weighted by Crippen LogP contribution is -2.29. The number of rotatable bonds is 11. The molecule has 3 heterocycles. The molecule has 0 aromatic carbocycles. The second kappa shape index (κ2) is 12.7. The summed E-state index contributed by atoms with van der Waals surface area (Å²) in [6.45, 7) is 10.4. The average Bonchev–Trinajstić information content (AvgIpc) is 3.22. The first-order valence-electron chi connectivity index (χ1n) is 11.7. The van der Waals surface area contributed by atoms with Gasteiger partial charge in [-0.1, -0.05) is 32.8 Å². The Morgan fingerprint density at radius 3 is 2.71 bits per heavy atom. The van der Waals surface area contributed by atoms with E-state index in [-0.39, 0.29) is 5.78 Å². The molecule has 0 atom stereocenters. The molecule has 1 aliphatic heterocycles. The van der Waals surface area contributed by atoms with E-state index in [1.165, 1.54) is 76.2 Å². The maximum Gasteiger partial charge on any atom is 0.205 e. The predicted molar refractivity (Wildman–Crippen MR) is 134 cm³/mol. The molecular weight excluding hydrogens is 422 g/mol. The van der Waals surface area contributed by atoms with Gasteiger partial charge in [0.05, 0.1) is 10.4 Å². The topological polar surface area (TPSA) is 36.4 Å². The van der Waals surface area contributed by atoms with E-state index in [1.54, 1.807) is 11.8 Å². The van der Waals surface area contributed by atoms with Gasteiger partial charge in [-0.15, -0.1) is 23.1 Å². The van der Waals surface area contributed by atoms with E-state index in [9.17, 15) is 4.79 Å². The summed E-state index contributed by atoms with van der Waals surface area (Å²) in [7, 11) is 2.23. The Morgan fingerprint density at radius 2 is 1.94 bits per heavy atom. The number of unbranched alkanes of at least 4 members (excludes halogenated alkanes) is 3. The van der Waals surface area contributed by atoms with Crippen molar-refractivity contribution in [2.45, 2.75) is 56.9 Å². The van der Waals surface area contributed by atoms with Gasteiger partial charge in [-0.25, -0.2) is 4.98 Å². The van der Waals surface area contributed by atoms with E-state index in [1.807, 2.05) is 29.6 Å². The number of hydrogen-bond acceptors (Lipinski definition) is 6. The monoisotopic (exact) mass is 459 g/mol. The second-order valence-corrected chi connectivity index (χ2v) is 10.8. The quantitative estimate of drug-likeness (QED) is 0.242. The van der Waals surface area contributed by atoms with Gasteiger partial charge < -0.3 is 9.80 Å². The summed E-state index contributed by atoms with van der Waals surface area (Å²) in [6.07, 6.45) is 6.29. The van der Waals surface area contributed by atoms with Gasteiger partial charge in [-0.3, -0.25) is 4.79 Å². The van der Waals surface area contributed by atoms with Crippen molar-refractivity contribution in [2.75, 3.05) is 45.5 Å². The highest BCUT2D eigenvalue weighted by atomic mass is 32.2. The van der Waals surface area contributed by atoms with Crippen molar-refractivity contribution in [3.8, 4) is 0 Å². The zero-order valence-electron chi connectivity index (χ0n) is 19.3. The van der Waals surface area contributed by atoms with Crippen LogP contribution in [0.3, 0.4) is 0 Å². The van der Waals surface area contributed by atoms with Gasteiger partial charge in [0.1, 0.15) is 5.03 Å². The minimum atomic E-state index is 0.100. The second-order valence-electron chi connectivity index (χ2n) is 8.81. The van der Waals surface area contributed by atoms with Crippen molar-refractivity contribution in [3.05, 3.63) is 45.8 Å². The number of likely N-dealkylation sites (N-methyl/N-ethyl adjacent to an activating group) is 1. The van der Waals surface area contributed by atoms with E-state index >= 15 is 0 Å². The molecule has 0 saturated carbocycles. The highest BCUT2D eigenvalue weighted by Gasteiger charge is 2.17. The Kier molecular flexibility index (Phi) is 10.0. The fourth-order valence-corrected chi connectivity index (χ4v) is 5.59. The molecule has 1 fully saturated rings. The van der Waals surface area contributed by atoms with Crippen LogP contribution in [0, 0.1) is 0 Å². The number of thiophene rings is 1. The van der Waals surface area contributed by atoms with Crippen LogP contribution in [0.1, 0.15) is 72.8 Å². The van der Waals surface area contributed by atoms with Crippen LogP contribution in [0.5, 0.6) is 0 Å². The Labute approximate surface area is 196 Å². The molecule has 4 nitrogen and oxygen atoms in total. The number of pyridine rings is 1. The number of carbonyl (C=O) groups excluding carboxylic acids is 1. The summed E-state index contributed by atoms with van der Waals surface area (Å²) < 4.78 is 0. The molecule has 0 radical (unpaired) electrons. The summed E-state index contributed by atoms with van der Waals surface area (Å²) in [5, 5.41) is 2.86. The standard InChI is InChI=1S/C25H37N3OS2/c1-20(2)22-12-11-21(24(29)23-10-8-19-30-23)25(26-22)31-18-7-5-4-6-14-28-15-9-13-27(3)16-17-28/h8,10-12,19-20H,4-7,9,13-18H2,1-3H3. The highest BCUT2D eigenvalue weighted by Crippen LogP contribution is 2.28. The predicted octanol–water partition coefficient (Wildman–Crippen LogP) is 5.79. The fraction of sp³-hybridized carbons (Fsp3) is 0.600. The van der Waals surface area contributed by atoms with Crippen molar-refractivity contribution in [2.24, 2.45) is 0 Å². The zero-order valence-corrected chi connectivity index (χ0v) is 20.9. The summed E-state index contributed by atoms with van der Waals surface area (Å²) in [4.78, 5) is 23.6. The van der Waals surface area contributed by atoms with Crippen LogP contribution < -0.4 is 0 Å². The third kappa shape index (κ3) is 7.70. The molecule has 0 spiro atoms. The lowest BCUT2D eigenvalue weighted by Gasteiger charge is -2.19. The molecule has 1 saturated heterocycles. The van der Waals surface area contributed by atoms with E-state index in [4.69, 9.17) is 4.98 Å². The summed E-state index contributed by atoms with van der Waals surface area (Å²) in [6, 6.07) is 7.83. The largest absolute Gasteiger partial charge is 0.305 e. The van der Waals surface area contributed by atoms with Crippen molar-refractivity contribution >= 4 is 28.9 Å². The molecule has 6 heteroatoms. The number of nitrogens with zero attached hydrogens (tertiary/aromatic N) is 3. The number of ketones is 1. The lowest BCUT2D eigenvalue weighted by molar-refractivity contribution is 0.103. The molecular formula is C25H37N3OS2.